The first-order valence-electron chi connectivity index (χ1n) is 10.4. The molecular weight excluding hydrogens is 350 g/mol. The van der Waals surface area contributed by atoms with Gasteiger partial charge in [-0.25, -0.2) is 8.78 Å². The lowest BCUT2D eigenvalue weighted by molar-refractivity contribution is 0.277. The smallest absolute Gasteiger partial charge is 0.142 e. The topological polar surface area (TPSA) is 0 Å². The fourth-order valence-electron chi connectivity index (χ4n) is 4.12. The summed E-state index contributed by atoms with van der Waals surface area (Å²) in [4.78, 5) is 0. The normalized spacial score (nSPS) is 19.2. The van der Waals surface area contributed by atoms with Gasteiger partial charge in [-0.2, -0.15) is 0 Å². The maximum Gasteiger partial charge on any atom is 0.142 e. The highest BCUT2D eigenvalue weighted by molar-refractivity contribution is 5.49. The second kappa shape index (κ2) is 8.91. The van der Waals surface area contributed by atoms with Crippen molar-refractivity contribution in [2.45, 2.75) is 66.2 Å². The lowest BCUT2D eigenvalue weighted by Gasteiger charge is -2.26. The van der Waals surface area contributed by atoms with Crippen molar-refractivity contribution in [2.24, 2.45) is 11.8 Å². The Morgan fingerprint density at radius 1 is 0.857 bits per heavy atom. The fourth-order valence-corrected chi connectivity index (χ4v) is 4.12. The van der Waals surface area contributed by atoms with Crippen LogP contribution in [0.3, 0.4) is 0 Å². The molecule has 0 aromatic heterocycles. The summed E-state index contributed by atoms with van der Waals surface area (Å²) in [7, 11) is 0. The van der Waals surface area contributed by atoms with Crippen LogP contribution in [0.15, 0.2) is 24.3 Å². The number of hydrogen-bond donors (Lipinski definition) is 0. The molecule has 0 N–H and O–H groups in total. The van der Waals surface area contributed by atoms with Gasteiger partial charge in [0, 0.05) is 5.56 Å². The average molecular weight is 381 g/mol. The zero-order valence-electron chi connectivity index (χ0n) is 17.5. The van der Waals surface area contributed by atoms with E-state index in [4.69, 9.17) is 0 Å². The molecule has 3 rings (SSSR count). The molecule has 0 bridgehead atoms. The lowest BCUT2D eigenvalue weighted by atomic mass is 9.80. The van der Waals surface area contributed by atoms with Gasteiger partial charge in [0.15, 0.2) is 0 Å². The molecule has 148 valence electrons. The maximum absolute atomic E-state index is 14.5. The highest BCUT2D eigenvalue weighted by Gasteiger charge is 2.18. The molecule has 0 nitrogen and oxygen atoms in total. The van der Waals surface area contributed by atoms with Crippen molar-refractivity contribution in [1.29, 1.82) is 0 Å². The Hall–Kier alpha value is -2.14. The molecule has 0 heterocycles. The minimum atomic E-state index is -0.555. The van der Waals surface area contributed by atoms with Crippen molar-refractivity contribution in [3.8, 4) is 11.8 Å². The van der Waals surface area contributed by atoms with Gasteiger partial charge < -0.3 is 0 Å². The summed E-state index contributed by atoms with van der Waals surface area (Å²) in [5, 5.41) is 0. The van der Waals surface area contributed by atoms with Crippen LogP contribution in [-0.2, 0) is 6.42 Å². The monoisotopic (exact) mass is 380 g/mol. The van der Waals surface area contributed by atoms with Crippen LogP contribution in [0.2, 0.25) is 0 Å². The van der Waals surface area contributed by atoms with Gasteiger partial charge in [0.2, 0.25) is 0 Å². The molecule has 2 heteroatoms. The molecule has 0 amide bonds. The van der Waals surface area contributed by atoms with Crippen molar-refractivity contribution in [3.63, 3.8) is 0 Å². The summed E-state index contributed by atoms with van der Waals surface area (Å²) < 4.78 is 29.0. The molecule has 0 radical (unpaired) electrons. The summed E-state index contributed by atoms with van der Waals surface area (Å²) in [6.07, 6.45) is 6.78. The zero-order valence-corrected chi connectivity index (χ0v) is 17.5. The van der Waals surface area contributed by atoms with Crippen LogP contribution < -0.4 is 0 Å². The van der Waals surface area contributed by atoms with Crippen molar-refractivity contribution < 1.29 is 8.78 Å². The lowest BCUT2D eigenvalue weighted by Crippen LogP contribution is -2.13. The predicted molar refractivity (Wildman–Crippen MR) is 112 cm³/mol. The van der Waals surface area contributed by atoms with Crippen LogP contribution >= 0.6 is 0 Å². The third-order valence-electron chi connectivity index (χ3n) is 6.34. The van der Waals surface area contributed by atoms with E-state index >= 15 is 0 Å². The third kappa shape index (κ3) is 5.02. The van der Waals surface area contributed by atoms with Crippen LogP contribution in [0.25, 0.3) is 0 Å². The van der Waals surface area contributed by atoms with Crippen molar-refractivity contribution in [3.05, 3.63) is 69.3 Å². The maximum atomic E-state index is 14.5. The van der Waals surface area contributed by atoms with Gasteiger partial charge in [-0.1, -0.05) is 44.4 Å². The van der Waals surface area contributed by atoms with Gasteiger partial charge in [-0.05, 0) is 92.0 Å². The molecule has 0 aliphatic heterocycles. The van der Waals surface area contributed by atoms with Crippen molar-refractivity contribution in [2.75, 3.05) is 0 Å². The molecular formula is C26H30F2. The second-order valence-corrected chi connectivity index (χ2v) is 8.58. The predicted octanol–water partition coefficient (Wildman–Crippen LogP) is 7.05. The highest BCUT2D eigenvalue weighted by Crippen LogP contribution is 2.31. The quantitative estimate of drug-likeness (QED) is 0.501. The first-order valence-corrected chi connectivity index (χ1v) is 10.4. The highest BCUT2D eigenvalue weighted by atomic mass is 19.1. The molecule has 1 saturated carbocycles. The van der Waals surface area contributed by atoms with Gasteiger partial charge in [-0.15, -0.1) is 0 Å². The third-order valence-corrected chi connectivity index (χ3v) is 6.34. The SMILES string of the molecule is Cc1cc(C#Cc2c(F)cc(CCC3CCC(C)CC3)cc2F)cc(C)c1C. The average Bonchev–Trinajstić information content (AvgIpc) is 2.65. The summed E-state index contributed by atoms with van der Waals surface area (Å²) in [6.45, 7) is 8.42. The molecule has 28 heavy (non-hydrogen) atoms. The fraction of sp³-hybridized carbons (Fsp3) is 0.462. The zero-order chi connectivity index (χ0) is 20.3. The van der Waals surface area contributed by atoms with Crippen LogP contribution in [0, 0.1) is 56.1 Å². The molecule has 0 saturated heterocycles. The van der Waals surface area contributed by atoms with Crippen LogP contribution in [0.4, 0.5) is 8.78 Å². The van der Waals surface area contributed by atoms with E-state index in [2.05, 4.69) is 25.7 Å². The van der Waals surface area contributed by atoms with Gasteiger partial charge >= 0.3 is 0 Å². The molecule has 1 fully saturated rings. The molecule has 2 aromatic rings. The van der Waals surface area contributed by atoms with E-state index in [0.29, 0.717) is 5.92 Å². The Balaban J connectivity index is 1.72. The van der Waals surface area contributed by atoms with E-state index in [0.717, 1.165) is 41.0 Å². The Kier molecular flexibility index (Phi) is 6.55. The summed E-state index contributed by atoms with van der Waals surface area (Å²) >= 11 is 0. The van der Waals surface area contributed by atoms with Crippen molar-refractivity contribution >= 4 is 0 Å². The number of benzene rings is 2. The van der Waals surface area contributed by atoms with Gasteiger partial charge in [0.25, 0.3) is 0 Å². The molecule has 1 aliphatic rings. The summed E-state index contributed by atoms with van der Waals surface area (Å²) in [6, 6.07) is 6.85. The second-order valence-electron chi connectivity index (χ2n) is 8.58. The van der Waals surface area contributed by atoms with Gasteiger partial charge in [-0.3, -0.25) is 0 Å². The first kappa shape index (κ1) is 20.6. The molecule has 0 spiro atoms. The summed E-state index contributed by atoms with van der Waals surface area (Å²) in [5.41, 5.74) is 4.89. The molecule has 0 atom stereocenters. The van der Waals surface area contributed by atoms with E-state index in [-0.39, 0.29) is 5.56 Å². The Morgan fingerprint density at radius 2 is 1.43 bits per heavy atom. The van der Waals surface area contributed by atoms with Crippen LogP contribution in [0.1, 0.15) is 72.4 Å². The first-order chi connectivity index (χ1) is 13.3. The Labute approximate surface area is 168 Å². The van der Waals surface area contributed by atoms with Gasteiger partial charge in [0.05, 0.1) is 5.56 Å². The molecule has 2 aromatic carbocycles. The largest absolute Gasteiger partial charge is 0.206 e. The van der Waals surface area contributed by atoms with E-state index in [9.17, 15) is 8.78 Å². The summed E-state index contributed by atoms with van der Waals surface area (Å²) in [5.74, 6) is 6.04. The Morgan fingerprint density at radius 3 is 2.00 bits per heavy atom. The number of aryl methyl sites for hydroxylation is 3. The van der Waals surface area contributed by atoms with E-state index in [1.54, 1.807) is 0 Å². The number of halogens is 2. The number of rotatable bonds is 3. The molecule has 0 unspecified atom stereocenters. The molecule has 1 aliphatic carbocycles. The van der Waals surface area contributed by atoms with E-state index < -0.39 is 11.6 Å². The van der Waals surface area contributed by atoms with E-state index in [1.165, 1.54) is 43.4 Å². The van der Waals surface area contributed by atoms with Crippen molar-refractivity contribution in [1.82, 2.24) is 0 Å². The standard InChI is InChI=1S/C26H30F2/c1-17-5-7-21(8-6-17)9-10-23-15-25(27)24(26(28)16-23)12-11-22-13-18(2)20(4)19(3)14-22/h13-17,21H,5-10H2,1-4H3. The van der Waals surface area contributed by atoms with Gasteiger partial charge in [0.1, 0.15) is 11.6 Å². The Bertz CT molecular complexity index is 860. The van der Waals surface area contributed by atoms with E-state index in [1.807, 2.05) is 26.0 Å². The van der Waals surface area contributed by atoms with Crippen LogP contribution in [0.5, 0.6) is 0 Å². The minimum Gasteiger partial charge on any atom is -0.206 e. The van der Waals surface area contributed by atoms with Crippen LogP contribution in [-0.4, -0.2) is 0 Å². The number of hydrogen-bond acceptors (Lipinski definition) is 0. The minimum absolute atomic E-state index is 0.133.